The van der Waals surface area contributed by atoms with Gasteiger partial charge in [-0.25, -0.2) is 4.98 Å². The third-order valence-corrected chi connectivity index (χ3v) is 5.20. The van der Waals surface area contributed by atoms with Gasteiger partial charge in [-0.05, 0) is 30.9 Å². The van der Waals surface area contributed by atoms with Crippen LogP contribution in [0.4, 0.5) is 5.82 Å². The van der Waals surface area contributed by atoms with E-state index in [-0.39, 0.29) is 10.8 Å². The highest BCUT2D eigenvalue weighted by molar-refractivity contribution is 7.85. The van der Waals surface area contributed by atoms with Gasteiger partial charge in [-0.1, -0.05) is 6.92 Å². The zero-order valence-corrected chi connectivity index (χ0v) is 11.2. The molecule has 1 atom stereocenters. The summed E-state index contributed by atoms with van der Waals surface area (Å²) in [6.45, 7) is 2.15. The maximum atomic E-state index is 11.9. The number of nitrogens with zero attached hydrogens (tertiary/aromatic N) is 2. The molecule has 1 aromatic heterocycles. The summed E-state index contributed by atoms with van der Waals surface area (Å²) < 4.78 is 11.9. The molecule has 92 valence electrons. The molecule has 1 fully saturated rings. The van der Waals surface area contributed by atoms with Gasteiger partial charge in [0.1, 0.15) is 10.7 Å². The van der Waals surface area contributed by atoms with E-state index in [2.05, 4.69) is 22.2 Å². The van der Waals surface area contributed by atoms with Crippen molar-refractivity contribution in [3.05, 3.63) is 11.0 Å². The van der Waals surface area contributed by atoms with Crippen molar-refractivity contribution in [1.29, 1.82) is 0 Å². The molecule has 0 aromatic carbocycles. The summed E-state index contributed by atoms with van der Waals surface area (Å²) >= 11 is 5.91. The van der Waals surface area contributed by atoms with Crippen molar-refractivity contribution in [3.63, 3.8) is 0 Å². The molecule has 1 saturated carbocycles. The lowest BCUT2D eigenvalue weighted by Crippen LogP contribution is -2.22. The normalized spacial score (nSPS) is 24.5. The van der Waals surface area contributed by atoms with Crippen molar-refractivity contribution in [2.24, 2.45) is 0 Å². The Kier molecular flexibility index (Phi) is 2.63. The number of hydrogen-bond donors (Lipinski definition) is 1. The van der Waals surface area contributed by atoms with Crippen LogP contribution in [0.5, 0.6) is 0 Å². The largest absolute Gasteiger partial charge is 0.363 e. The van der Waals surface area contributed by atoms with Gasteiger partial charge in [-0.3, -0.25) is 4.21 Å². The Labute approximate surface area is 108 Å². The number of nitrogens with one attached hydrogen (secondary N) is 1. The SMILES string of the molecule is CCC1(Nc2nc(Cl)nc3c2S(=O)CC3)CC1. The Balaban J connectivity index is 2.01. The molecule has 0 bridgehead atoms. The van der Waals surface area contributed by atoms with Crippen LogP contribution in [0.2, 0.25) is 5.28 Å². The molecule has 1 aromatic rings. The van der Waals surface area contributed by atoms with Gasteiger partial charge in [0.15, 0.2) is 0 Å². The van der Waals surface area contributed by atoms with E-state index in [0.717, 1.165) is 36.3 Å². The fourth-order valence-corrected chi connectivity index (χ4v) is 3.71. The van der Waals surface area contributed by atoms with Gasteiger partial charge in [0, 0.05) is 17.7 Å². The van der Waals surface area contributed by atoms with E-state index in [1.165, 1.54) is 0 Å². The first kappa shape index (κ1) is 11.4. The quantitative estimate of drug-likeness (QED) is 0.856. The number of hydrogen-bond acceptors (Lipinski definition) is 4. The molecular formula is C11H14ClN3OS. The molecule has 4 nitrogen and oxygen atoms in total. The summed E-state index contributed by atoms with van der Waals surface area (Å²) in [7, 11) is -0.973. The fraction of sp³-hybridized carbons (Fsp3) is 0.636. The predicted molar refractivity (Wildman–Crippen MR) is 67.9 cm³/mol. The highest BCUT2D eigenvalue weighted by atomic mass is 35.5. The summed E-state index contributed by atoms with van der Waals surface area (Å²) in [6, 6.07) is 0. The zero-order chi connectivity index (χ0) is 12.0. The van der Waals surface area contributed by atoms with Gasteiger partial charge in [0.05, 0.1) is 16.5 Å². The highest BCUT2D eigenvalue weighted by Gasteiger charge is 2.42. The average molecular weight is 272 g/mol. The van der Waals surface area contributed by atoms with Crippen LogP contribution < -0.4 is 5.32 Å². The van der Waals surface area contributed by atoms with E-state index >= 15 is 0 Å². The summed E-state index contributed by atoms with van der Waals surface area (Å²) in [4.78, 5) is 9.15. The van der Waals surface area contributed by atoms with Crippen LogP contribution in [-0.2, 0) is 17.2 Å². The molecular weight excluding hydrogens is 258 g/mol. The summed E-state index contributed by atoms with van der Waals surface area (Å²) in [6.07, 6.45) is 4.08. The van der Waals surface area contributed by atoms with E-state index < -0.39 is 10.8 Å². The molecule has 1 unspecified atom stereocenters. The van der Waals surface area contributed by atoms with Crippen LogP contribution in [0.25, 0.3) is 0 Å². The number of rotatable bonds is 3. The second kappa shape index (κ2) is 3.92. The molecule has 2 heterocycles. The molecule has 1 aliphatic carbocycles. The van der Waals surface area contributed by atoms with E-state index in [4.69, 9.17) is 11.6 Å². The standard InChI is InChI=1S/C11H14ClN3OS/c1-2-11(4-5-11)15-9-8-7(3-6-17(8)16)13-10(12)14-9/h2-6H2,1H3,(H,13,14,15). The molecule has 1 aliphatic heterocycles. The molecule has 2 aliphatic rings. The van der Waals surface area contributed by atoms with Crippen LogP contribution in [0.15, 0.2) is 4.90 Å². The van der Waals surface area contributed by atoms with Crippen molar-refractivity contribution in [3.8, 4) is 0 Å². The molecule has 0 amide bonds. The van der Waals surface area contributed by atoms with E-state index in [0.29, 0.717) is 11.6 Å². The molecule has 6 heteroatoms. The zero-order valence-electron chi connectivity index (χ0n) is 9.62. The molecule has 17 heavy (non-hydrogen) atoms. The van der Waals surface area contributed by atoms with Crippen LogP contribution in [0.3, 0.4) is 0 Å². The lowest BCUT2D eigenvalue weighted by molar-refractivity contribution is 0.681. The number of aromatic nitrogens is 2. The Hall–Kier alpha value is -0.680. The van der Waals surface area contributed by atoms with Gasteiger partial charge in [-0.15, -0.1) is 0 Å². The average Bonchev–Trinajstić information content (AvgIpc) is 2.97. The summed E-state index contributed by atoms with van der Waals surface area (Å²) in [5.41, 5.74) is 0.996. The third kappa shape index (κ3) is 1.95. The lowest BCUT2D eigenvalue weighted by atomic mass is 10.2. The minimum atomic E-state index is -0.973. The monoisotopic (exact) mass is 271 g/mol. The summed E-state index contributed by atoms with van der Waals surface area (Å²) in [5.74, 6) is 1.33. The van der Waals surface area contributed by atoms with Crippen molar-refractivity contribution >= 4 is 28.2 Å². The number of aryl methyl sites for hydroxylation is 1. The molecule has 0 radical (unpaired) electrons. The first-order valence-electron chi connectivity index (χ1n) is 5.86. The van der Waals surface area contributed by atoms with Crippen molar-refractivity contribution < 1.29 is 4.21 Å². The minimum Gasteiger partial charge on any atom is -0.363 e. The second-order valence-electron chi connectivity index (χ2n) is 4.68. The molecule has 3 rings (SSSR count). The van der Waals surface area contributed by atoms with Crippen molar-refractivity contribution in [2.45, 2.75) is 43.0 Å². The van der Waals surface area contributed by atoms with Crippen LogP contribution >= 0.6 is 11.6 Å². The van der Waals surface area contributed by atoms with Crippen molar-refractivity contribution in [2.75, 3.05) is 11.1 Å². The van der Waals surface area contributed by atoms with E-state index in [9.17, 15) is 4.21 Å². The van der Waals surface area contributed by atoms with Crippen LogP contribution in [0.1, 0.15) is 31.9 Å². The fourth-order valence-electron chi connectivity index (χ4n) is 2.22. The van der Waals surface area contributed by atoms with Gasteiger partial charge in [0.2, 0.25) is 5.28 Å². The van der Waals surface area contributed by atoms with Gasteiger partial charge < -0.3 is 5.32 Å². The maximum Gasteiger partial charge on any atom is 0.224 e. The van der Waals surface area contributed by atoms with Crippen LogP contribution in [0, 0.1) is 0 Å². The van der Waals surface area contributed by atoms with Gasteiger partial charge >= 0.3 is 0 Å². The van der Waals surface area contributed by atoms with E-state index in [1.54, 1.807) is 0 Å². The Morgan fingerprint density at radius 1 is 1.47 bits per heavy atom. The van der Waals surface area contributed by atoms with Crippen LogP contribution in [-0.4, -0.2) is 25.5 Å². The lowest BCUT2D eigenvalue weighted by Gasteiger charge is -2.17. The maximum absolute atomic E-state index is 11.9. The highest BCUT2D eigenvalue weighted by Crippen LogP contribution is 2.43. The number of fused-ring (bicyclic) bond motifs is 1. The Bertz CT molecular complexity index is 502. The number of halogens is 1. The predicted octanol–water partition coefficient (Wildman–Crippen LogP) is 2.15. The first-order valence-corrected chi connectivity index (χ1v) is 7.56. The third-order valence-electron chi connectivity index (χ3n) is 3.57. The molecule has 0 spiro atoms. The topological polar surface area (TPSA) is 54.9 Å². The van der Waals surface area contributed by atoms with E-state index in [1.807, 2.05) is 0 Å². The second-order valence-corrected chi connectivity index (χ2v) is 6.52. The minimum absolute atomic E-state index is 0.151. The Morgan fingerprint density at radius 2 is 2.24 bits per heavy atom. The molecule has 0 saturated heterocycles. The van der Waals surface area contributed by atoms with Gasteiger partial charge in [-0.2, -0.15) is 4.98 Å². The van der Waals surface area contributed by atoms with Crippen molar-refractivity contribution in [1.82, 2.24) is 9.97 Å². The smallest absolute Gasteiger partial charge is 0.224 e. The number of anilines is 1. The summed E-state index contributed by atoms with van der Waals surface area (Å²) in [5, 5.41) is 3.67. The Morgan fingerprint density at radius 3 is 2.88 bits per heavy atom. The van der Waals surface area contributed by atoms with Gasteiger partial charge in [0.25, 0.3) is 0 Å². The molecule has 1 N–H and O–H groups in total. The first-order chi connectivity index (χ1) is 8.13.